The summed E-state index contributed by atoms with van der Waals surface area (Å²) in [6.45, 7) is 12.0. The summed E-state index contributed by atoms with van der Waals surface area (Å²) in [6.07, 6.45) is 5.68. The largest absolute Gasteiger partial charge is 0.376 e. The molecule has 0 radical (unpaired) electrons. The fraction of sp³-hybridized carbons (Fsp3) is 0.895. The number of nitrogens with zero attached hydrogens (tertiary/aromatic N) is 4. The summed E-state index contributed by atoms with van der Waals surface area (Å²) in [5.74, 6) is 2.07. The third-order valence-electron chi connectivity index (χ3n) is 5.89. The lowest BCUT2D eigenvalue weighted by molar-refractivity contribution is 0.00556. The molecule has 0 bridgehead atoms. The number of sulfonamides is 1. The zero-order valence-electron chi connectivity index (χ0n) is 17.8. The molecule has 2 fully saturated rings. The number of aromatic nitrogens is 3. The molecule has 2 aliphatic rings. The molecule has 3 unspecified atom stereocenters. The summed E-state index contributed by atoms with van der Waals surface area (Å²) in [7, 11) is -3.34. The monoisotopic (exact) mass is 413 g/mol. The van der Waals surface area contributed by atoms with Gasteiger partial charge in [0.1, 0.15) is 0 Å². The van der Waals surface area contributed by atoms with Gasteiger partial charge >= 0.3 is 0 Å². The Morgan fingerprint density at radius 2 is 2.00 bits per heavy atom. The normalized spacial score (nSPS) is 25.2. The van der Waals surface area contributed by atoms with Crippen molar-refractivity contribution in [1.82, 2.24) is 19.5 Å². The predicted octanol–water partition coefficient (Wildman–Crippen LogP) is 2.33. The van der Waals surface area contributed by atoms with E-state index in [9.17, 15) is 8.42 Å². The van der Waals surface area contributed by atoms with Gasteiger partial charge in [-0.05, 0) is 43.9 Å². The summed E-state index contributed by atoms with van der Waals surface area (Å²) >= 11 is 0. The summed E-state index contributed by atoms with van der Waals surface area (Å²) in [5, 5.41) is 8.87. The summed E-state index contributed by atoms with van der Waals surface area (Å²) in [5.41, 5.74) is 0.250. The second kappa shape index (κ2) is 8.28. The van der Waals surface area contributed by atoms with Gasteiger partial charge in [-0.15, -0.1) is 10.2 Å². The Hall–Kier alpha value is -1.19. The van der Waals surface area contributed by atoms with E-state index in [1.165, 1.54) is 6.26 Å². The maximum Gasteiger partial charge on any atom is 0.227 e. The average molecular weight is 414 g/mol. The average Bonchev–Trinajstić information content (AvgIpc) is 3.20. The lowest BCUT2D eigenvalue weighted by Crippen LogP contribution is -2.33. The number of ether oxygens (including phenoxy) is 1. The van der Waals surface area contributed by atoms with Gasteiger partial charge in [0.2, 0.25) is 16.0 Å². The molecule has 1 N–H and O–H groups in total. The van der Waals surface area contributed by atoms with Crippen molar-refractivity contribution in [2.45, 2.75) is 72.1 Å². The topological polar surface area (TPSA) is 89.4 Å². The fourth-order valence-electron chi connectivity index (χ4n) is 4.21. The molecule has 1 aromatic heterocycles. The van der Waals surface area contributed by atoms with Gasteiger partial charge in [0, 0.05) is 19.7 Å². The van der Waals surface area contributed by atoms with E-state index in [-0.39, 0.29) is 11.5 Å². The van der Waals surface area contributed by atoms with Gasteiger partial charge in [-0.3, -0.25) is 4.57 Å². The number of hydrogen-bond acceptors (Lipinski definition) is 6. The Morgan fingerprint density at radius 3 is 2.57 bits per heavy atom. The van der Waals surface area contributed by atoms with E-state index in [4.69, 9.17) is 4.74 Å². The number of rotatable bonds is 6. The van der Waals surface area contributed by atoms with Crippen molar-refractivity contribution in [2.75, 3.05) is 30.9 Å². The molecule has 0 aromatic carbocycles. The maximum atomic E-state index is 11.7. The quantitative estimate of drug-likeness (QED) is 0.770. The zero-order chi connectivity index (χ0) is 20.5. The van der Waals surface area contributed by atoms with Crippen molar-refractivity contribution in [2.24, 2.45) is 11.3 Å². The highest BCUT2D eigenvalue weighted by molar-refractivity contribution is 7.88. The first-order valence-electron chi connectivity index (χ1n) is 10.3. The Labute approximate surface area is 169 Å². The maximum absolute atomic E-state index is 11.7. The highest BCUT2D eigenvalue weighted by Crippen LogP contribution is 2.35. The van der Waals surface area contributed by atoms with Crippen LogP contribution in [0.1, 0.15) is 65.2 Å². The smallest absolute Gasteiger partial charge is 0.227 e. The minimum absolute atomic E-state index is 0.119. The lowest BCUT2D eigenvalue weighted by Gasteiger charge is -2.28. The zero-order valence-corrected chi connectivity index (χ0v) is 18.6. The van der Waals surface area contributed by atoms with E-state index in [0.29, 0.717) is 18.3 Å². The van der Waals surface area contributed by atoms with Crippen LogP contribution in [0.5, 0.6) is 0 Å². The van der Waals surface area contributed by atoms with Gasteiger partial charge in [-0.2, -0.15) is 0 Å². The first-order valence-corrected chi connectivity index (χ1v) is 12.2. The Morgan fingerprint density at radius 1 is 1.25 bits per heavy atom. The first-order chi connectivity index (χ1) is 13.0. The molecule has 0 amide bonds. The van der Waals surface area contributed by atoms with Crippen molar-refractivity contribution in [3.05, 3.63) is 5.82 Å². The van der Waals surface area contributed by atoms with Gasteiger partial charge in [0.25, 0.3) is 0 Å². The van der Waals surface area contributed by atoms with Crippen molar-refractivity contribution in [3.8, 4) is 0 Å². The predicted molar refractivity (Wildman–Crippen MR) is 110 cm³/mol. The second-order valence-corrected chi connectivity index (χ2v) is 11.1. The van der Waals surface area contributed by atoms with Crippen LogP contribution in [0.2, 0.25) is 0 Å². The van der Waals surface area contributed by atoms with Crippen LogP contribution in [-0.4, -0.2) is 55.2 Å². The van der Waals surface area contributed by atoms with Gasteiger partial charge in [0.15, 0.2) is 5.82 Å². The molecule has 28 heavy (non-hydrogen) atoms. The van der Waals surface area contributed by atoms with E-state index < -0.39 is 16.1 Å². The van der Waals surface area contributed by atoms with Crippen LogP contribution >= 0.6 is 0 Å². The number of anilines is 1. The van der Waals surface area contributed by atoms with Crippen molar-refractivity contribution < 1.29 is 13.2 Å². The summed E-state index contributed by atoms with van der Waals surface area (Å²) in [4.78, 5) is 2.29. The van der Waals surface area contributed by atoms with Crippen molar-refractivity contribution in [1.29, 1.82) is 0 Å². The molecule has 8 nitrogen and oxygen atoms in total. The molecule has 0 spiro atoms. The minimum atomic E-state index is -3.34. The second-order valence-electron chi connectivity index (χ2n) is 9.37. The van der Waals surface area contributed by atoms with Crippen LogP contribution in [0.3, 0.4) is 0 Å². The molecular weight excluding hydrogens is 378 g/mol. The Kier molecular flexibility index (Phi) is 6.36. The summed E-state index contributed by atoms with van der Waals surface area (Å²) in [6, 6.07) is -0.444. The molecule has 3 rings (SSSR count). The molecule has 1 aromatic rings. The van der Waals surface area contributed by atoms with Crippen molar-refractivity contribution in [3.63, 3.8) is 0 Å². The summed E-state index contributed by atoms with van der Waals surface area (Å²) < 4.78 is 34.1. The first kappa shape index (κ1) is 21.5. The minimum Gasteiger partial charge on any atom is -0.376 e. The standard InChI is InChI=1S/C19H35N5O3S/c1-14(22-28(5,25)26)17-20-21-18(23-10-9-15(12-23)19(2,3)4)24(17)13-16-8-6-7-11-27-16/h14-16,22H,6-13H2,1-5H3. The van der Waals surface area contributed by atoms with Crippen LogP contribution < -0.4 is 9.62 Å². The van der Waals surface area contributed by atoms with Crippen LogP contribution in [0.15, 0.2) is 0 Å². The van der Waals surface area contributed by atoms with Crippen molar-refractivity contribution >= 4 is 16.0 Å². The van der Waals surface area contributed by atoms with Crippen LogP contribution in [0.25, 0.3) is 0 Å². The van der Waals surface area contributed by atoms with Gasteiger partial charge in [0.05, 0.1) is 24.9 Å². The third-order valence-corrected chi connectivity index (χ3v) is 6.68. The molecular formula is C19H35N5O3S. The molecule has 9 heteroatoms. The van der Waals surface area contributed by atoms with E-state index in [1.807, 2.05) is 6.92 Å². The Balaban J connectivity index is 1.86. The van der Waals surface area contributed by atoms with Gasteiger partial charge in [-0.1, -0.05) is 20.8 Å². The van der Waals surface area contributed by atoms with E-state index >= 15 is 0 Å². The van der Waals surface area contributed by atoms with Gasteiger partial charge < -0.3 is 9.64 Å². The molecule has 2 saturated heterocycles. The number of nitrogens with one attached hydrogen (secondary N) is 1. The molecule has 0 saturated carbocycles. The Bertz CT molecular complexity index is 765. The van der Waals surface area contributed by atoms with Gasteiger partial charge in [-0.25, -0.2) is 13.1 Å². The number of hydrogen-bond donors (Lipinski definition) is 1. The third kappa shape index (κ3) is 5.24. The van der Waals surface area contributed by atoms with Crippen LogP contribution in [-0.2, 0) is 21.3 Å². The van der Waals surface area contributed by atoms with E-state index in [2.05, 4.69) is 45.2 Å². The van der Waals surface area contributed by atoms with Crippen LogP contribution in [0, 0.1) is 11.3 Å². The lowest BCUT2D eigenvalue weighted by atomic mass is 9.80. The molecule has 2 aliphatic heterocycles. The van der Waals surface area contributed by atoms with E-state index in [0.717, 1.165) is 51.3 Å². The molecule has 3 atom stereocenters. The van der Waals surface area contributed by atoms with E-state index in [1.54, 1.807) is 0 Å². The highest BCUT2D eigenvalue weighted by Gasteiger charge is 2.35. The SMILES string of the molecule is CC(NS(C)(=O)=O)c1nnc(N2CCC(C(C)(C)C)C2)n1CC1CCCCO1. The highest BCUT2D eigenvalue weighted by atomic mass is 32.2. The van der Waals surface area contributed by atoms with Crippen LogP contribution in [0.4, 0.5) is 5.95 Å². The molecule has 160 valence electrons. The molecule has 0 aliphatic carbocycles. The molecule has 3 heterocycles. The fourth-order valence-corrected chi connectivity index (χ4v) is 4.96.